The van der Waals surface area contributed by atoms with Gasteiger partial charge in [0.1, 0.15) is 6.04 Å². The zero-order valence-electron chi connectivity index (χ0n) is 10.3. The average molecular weight is 280 g/mol. The summed E-state index contributed by atoms with van der Waals surface area (Å²) in [6.07, 6.45) is 4.04. The molecule has 2 rings (SSSR count). The lowest BCUT2D eigenvalue weighted by atomic mass is 10.1. The Balaban J connectivity index is 0.00000180. The van der Waals surface area contributed by atoms with Crippen LogP contribution >= 0.6 is 12.4 Å². The number of benzene rings is 1. The fourth-order valence-electron chi connectivity index (χ4n) is 1.93. The number of hydrogen-bond donors (Lipinski definition) is 2. The Kier molecular flexibility index (Phi) is 5.22. The van der Waals surface area contributed by atoms with Gasteiger partial charge in [0.05, 0.1) is 7.11 Å². The highest BCUT2D eigenvalue weighted by Crippen LogP contribution is 2.19. The van der Waals surface area contributed by atoms with Gasteiger partial charge < -0.3 is 15.0 Å². The number of rotatable bonds is 4. The van der Waals surface area contributed by atoms with Gasteiger partial charge in [-0.15, -0.1) is 12.4 Å². The number of nitrogens with zero attached hydrogens (tertiary/aromatic N) is 1. The highest BCUT2D eigenvalue weighted by Gasteiger charge is 2.20. The van der Waals surface area contributed by atoms with Crippen LogP contribution in [0.3, 0.4) is 0 Å². The minimum atomic E-state index is -0.654. The van der Waals surface area contributed by atoms with Crippen LogP contribution < -0.4 is 5.32 Å². The number of nitrogens with one attached hydrogen (secondary N) is 2. The van der Waals surface area contributed by atoms with Gasteiger partial charge in [0.2, 0.25) is 0 Å². The van der Waals surface area contributed by atoms with Crippen molar-refractivity contribution in [1.29, 1.82) is 5.26 Å². The molecule has 0 spiro atoms. The number of nitriles is 1. The molecule has 100 valence electrons. The number of aromatic amines is 1. The first-order valence-corrected chi connectivity index (χ1v) is 5.53. The number of carbonyl (C=O) groups is 1. The van der Waals surface area contributed by atoms with Gasteiger partial charge in [-0.25, -0.2) is 4.79 Å². The van der Waals surface area contributed by atoms with Crippen LogP contribution in [-0.2, 0) is 16.0 Å². The molecule has 1 aromatic carbocycles. The molecule has 0 aliphatic carbocycles. The quantitative estimate of drug-likeness (QED) is 0.508. The van der Waals surface area contributed by atoms with Gasteiger partial charge in [0.25, 0.3) is 0 Å². The molecule has 2 N–H and O–H groups in total. The number of fused-ring (bicyclic) bond motifs is 1. The third-order valence-electron chi connectivity index (χ3n) is 2.82. The first-order valence-electron chi connectivity index (χ1n) is 5.53. The van der Waals surface area contributed by atoms with Crippen LogP contribution in [-0.4, -0.2) is 24.1 Å². The van der Waals surface area contributed by atoms with E-state index in [9.17, 15) is 4.79 Å². The minimum absolute atomic E-state index is 0. The fourth-order valence-corrected chi connectivity index (χ4v) is 1.93. The summed E-state index contributed by atoms with van der Waals surface area (Å²) in [5.74, 6) is -0.443. The second kappa shape index (κ2) is 6.66. The topological polar surface area (TPSA) is 77.9 Å². The predicted molar refractivity (Wildman–Crippen MR) is 73.8 cm³/mol. The van der Waals surface area contributed by atoms with Gasteiger partial charge >= 0.3 is 5.97 Å². The van der Waals surface area contributed by atoms with Gasteiger partial charge in [-0.1, -0.05) is 18.2 Å². The third kappa shape index (κ3) is 3.18. The molecule has 6 heteroatoms. The molecule has 0 bridgehead atoms. The molecule has 5 nitrogen and oxygen atoms in total. The Labute approximate surface area is 117 Å². The molecule has 0 aliphatic heterocycles. The molecular formula is C13H14ClN3O2. The smallest absolute Gasteiger partial charge is 0.329 e. The average Bonchev–Trinajstić information content (AvgIpc) is 2.81. The lowest BCUT2D eigenvalue weighted by molar-refractivity contribution is -0.142. The zero-order chi connectivity index (χ0) is 13.0. The molecule has 0 fully saturated rings. The Hall–Kier alpha value is -2.19. The predicted octanol–water partition coefficient (Wildman–Crippen LogP) is 1.74. The maximum atomic E-state index is 11.5. The van der Waals surface area contributed by atoms with Crippen molar-refractivity contribution in [2.24, 2.45) is 0 Å². The van der Waals surface area contributed by atoms with E-state index in [0.717, 1.165) is 16.5 Å². The molecule has 0 radical (unpaired) electrons. The van der Waals surface area contributed by atoms with Gasteiger partial charge in [0.15, 0.2) is 6.19 Å². The Bertz CT molecular complexity index is 603. The number of H-pyrrole nitrogens is 1. The summed E-state index contributed by atoms with van der Waals surface area (Å²) < 4.78 is 4.66. The van der Waals surface area contributed by atoms with Crippen molar-refractivity contribution in [3.8, 4) is 6.19 Å². The monoisotopic (exact) mass is 279 g/mol. The van der Waals surface area contributed by atoms with E-state index in [1.165, 1.54) is 7.11 Å². The van der Waals surface area contributed by atoms with Crippen LogP contribution in [0.4, 0.5) is 0 Å². The van der Waals surface area contributed by atoms with Crippen LogP contribution in [0.25, 0.3) is 10.9 Å². The summed E-state index contributed by atoms with van der Waals surface area (Å²) in [5, 5.41) is 12.1. The third-order valence-corrected chi connectivity index (χ3v) is 2.82. The lowest BCUT2D eigenvalue weighted by Crippen LogP contribution is -2.36. The maximum absolute atomic E-state index is 11.5. The normalized spacial score (nSPS) is 11.2. The van der Waals surface area contributed by atoms with Crippen LogP contribution in [0.1, 0.15) is 5.56 Å². The molecule has 0 unspecified atom stereocenters. The summed E-state index contributed by atoms with van der Waals surface area (Å²) in [5.41, 5.74) is 1.98. The highest BCUT2D eigenvalue weighted by atomic mass is 35.5. The van der Waals surface area contributed by atoms with Crippen molar-refractivity contribution in [3.05, 3.63) is 36.0 Å². The van der Waals surface area contributed by atoms with Gasteiger partial charge in [0, 0.05) is 23.5 Å². The van der Waals surface area contributed by atoms with Crippen molar-refractivity contribution in [2.75, 3.05) is 7.11 Å². The first-order chi connectivity index (χ1) is 8.76. The first kappa shape index (κ1) is 14.9. The molecular weight excluding hydrogens is 266 g/mol. The van der Waals surface area contributed by atoms with Crippen LogP contribution in [0.15, 0.2) is 30.5 Å². The fraction of sp³-hybridized carbons (Fsp3) is 0.231. The second-order valence-corrected chi connectivity index (χ2v) is 3.90. The number of methoxy groups -OCH3 is 1. The molecule has 0 amide bonds. The van der Waals surface area contributed by atoms with Gasteiger partial charge in [-0.05, 0) is 11.6 Å². The van der Waals surface area contributed by atoms with Gasteiger partial charge in [-0.2, -0.15) is 5.26 Å². The van der Waals surface area contributed by atoms with Crippen LogP contribution in [0.5, 0.6) is 0 Å². The van der Waals surface area contributed by atoms with E-state index in [1.807, 2.05) is 30.5 Å². The summed E-state index contributed by atoms with van der Waals surface area (Å²) in [7, 11) is 1.31. The Morgan fingerprint density at radius 2 is 2.26 bits per heavy atom. The molecule has 0 aliphatic rings. The van der Waals surface area contributed by atoms with E-state index in [0.29, 0.717) is 6.42 Å². The van der Waals surface area contributed by atoms with E-state index in [1.54, 1.807) is 6.19 Å². The standard InChI is InChI=1S/C13H13N3O2.ClH/c1-18-13(17)12(16-8-14)6-9-7-15-11-5-3-2-4-10(9)11;/h2-5,7,12,15-16H,6H2,1H3;1H/t12-;/m0./s1. The molecule has 2 aromatic rings. The Morgan fingerprint density at radius 3 is 2.95 bits per heavy atom. The van der Waals surface area contributed by atoms with Crippen molar-refractivity contribution in [1.82, 2.24) is 10.3 Å². The van der Waals surface area contributed by atoms with Gasteiger partial charge in [-0.3, -0.25) is 0 Å². The summed E-state index contributed by atoms with van der Waals surface area (Å²) in [4.78, 5) is 14.6. The number of hydrogen-bond acceptors (Lipinski definition) is 4. The molecule has 0 saturated heterocycles. The number of ether oxygens (including phenoxy) is 1. The largest absolute Gasteiger partial charge is 0.467 e. The van der Waals surface area contributed by atoms with Crippen molar-refractivity contribution in [2.45, 2.75) is 12.5 Å². The number of halogens is 1. The maximum Gasteiger partial charge on any atom is 0.329 e. The van der Waals surface area contributed by atoms with Crippen LogP contribution in [0.2, 0.25) is 0 Å². The van der Waals surface area contributed by atoms with E-state index in [2.05, 4.69) is 15.0 Å². The zero-order valence-corrected chi connectivity index (χ0v) is 11.2. The van der Waals surface area contributed by atoms with E-state index < -0.39 is 12.0 Å². The van der Waals surface area contributed by atoms with E-state index in [4.69, 9.17) is 5.26 Å². The van der Waals surface area contributed by atoms with E-state index in [-0.39, 0.29) is 12.4 Å². The van der Waals surface area contributed by atoms with E-state index >= 15 is 0 Å². The lowest BCUT2D eigenvalue weighted by Gasteiger charge is -2.11. The molecule has 19 heavy (non-hydrogen) atoms. The number of esters is 1. The number of aromatic nitrogens is 1. The molecule has 0 saturated carbocycles. The summed E-state index contributed by atoms with van der Waals surface area (Å²) in [6, 6.07) is 7.16. The van der Waals surface area contributed by atoms with Crippen molar-refractivity contribution < 1.29 is 9.53 Å². The number of para-hydroxylation sites is 1. The van der Waals surface area contributed by atoms with Crippen molar-refractivity contribution >= 4 is 29.3 Å². The summed E-state index contributed by atoms with van der Waals surface area (Å²) in [6.45, 7) is 0. The second-order valence-electron chi connectivity index (χ2n) is 3.90. The molecule has 1 heterocycles. The molecule has 1 aromatic heterocycles. The molecule has 1 atom stereocenters. The van der Waals surface area contributed by atoms with Crippen LogP contribution in [0, 0.1) is 11.5 Å². The van der Waals surface area contributed by atoms with Crippen molar-refractivity contribution in [3.63, 3.8) is 0 Å². The Morgan fingerprint density at radius 1 is 1.53 bits per heavy atom. The summed E-state index contributed by atoms with van der Waals surface area (Å²) >= 11 is 0. The SMILES string of the molecule is COC(=O)[C@H](Cc1c[nH]c2ccccc12)NC#N.Cl. The number of carbonyl (C=O) groups excluding carboxylic acids is 1. The minimum Gasteiger partial charge on any atom is -0.467 e. The highest BCUT2D eigenvalue weighted by molar-refractivity contribution is 5.85.